The number of benzene rings is 2. The van der Waals surface area contributed by atoms with Crippen LogP contribution in [0.3, 0.4) is 0 Å². The van der Waals surface area contributed by atoms with Gasteiger partial charge in [0, 0.05) is 64.2 Å². The van der Waals surface area contributed by atoms with Crippen LogP contribution in [0, 0.1) is 11.3 Å². The predicted molar refractivity (Wildman–Crippen MR) is 141 cm³/mol. The largest absolute Gasteiger partial charge is 0.379 e. The Kier molecular flexibility index (Phi) is 5.07. The molecule has 0 radical (unpaired) electrons. The molecular formula is C27H25N5O2S. The number of carbonyl (C=O) groups excluding carboxylic acids is 2. The summed E-state index contributed by atoms with van der Waals surface area (Å²) in [6.07, 6.45) is 3.68. The highest BCUT2D eigenvalue weighted by Gasteiger charge is 2.38. The third kappa shape index (κ3) is 3.39. The van der Waals surface area contributed by atoms with E-state index in [4.69, 9.17) is 11.1 Å². The van der Waals surface area contributed by atoms with E-state index in [0.29, 0.717) is 17.1 Å². The Labute approximate surface area is 206 Å². The van der Waals surface area contributed by atoms with Gasteiger partial charge >= 0.3 is 0 Å². The Bertz CT molecular complexity index is 1590. The fourth-order valence-corrected chi connectivity index (χ4v) is 6.33. The highest BCUT2D eigenvalue weighted by atomic mass is 32.2. The molecule has 0 fully saturated rings. The number of carbonyl (C=O) groups is 2. The van der Waals surface area contributed by atoms with Gasteiger partial charge in [-0.2, -0.15) is 0 Å². The first-order chi connectivity index (χ1) is 16.9. The zero-order valence-electron chi connectivity index (χ0n) is 19.3. The van der Waals surface area contributed by atoms with Gasteiger partial charge in [-0.3, -0.25) is 20.3 Å². The molecule has 8 heteroatoms. The van der Waals surface area contributed by atoms with Crippen molar-refractivity contribution < 1.29 is 9.59 Å². The summed E-state index contributed by atoms with van der Waals surface area (Å²) in [5.41, 5.74) is 11.3. The van der Waals surface area contributed by atoms with Gasteiger partial charge in [-0.15, -0.1) is 0 Å². The monoisotopic (exact) mass is 483 g/mol. The van der Waals surface area contributed by atoms with E-state index in [2.05, 4.69) is 16.0 Å². The number of hydrogen-bond donors (Lipinski definition) is 3. The summed E-state index contributed by atoms with van der Waals surface area (Å²) >= 11 is 1.36. The topological polar surface area (TPSA) is 106 Å². The molecule has 7 nitrogen and oxygen atoms in total. The fraction of sp³-hybridized carbons (Fsp3) is 0.222. The maximum absolute atomic E-state index is 13.4. The highest BCUT2D eigenvalue weighted by molar-refractivity contribution is 8.13. The molecule has 0 bridgehead atoms. The number of aryl methyl sites for hydroxylation is 2. The third-order valence-corrected chi connectivity index (χ3v) is 8.09. The molecule has 2 amide bonds. The number of imide groups is 1. The number of hydrogen-bond acceptors (Lipinski definition) is 4. The Morgan fingerprint density at radius 3 is 2.51 bits per heavy atom. The molecule has 2 aromatic carbocycles. The van der Waals surface area contributed by atoms with Gasteiger partial charge in [0.1, 0.15) is 0 Å². The maximum Gasteiger partial charge on any atom is 0.259 e. The molecular weight excluding hydrogens is 458 g/mol. The van der Waals surface area contributed by atoms with Crippen molar-refractivity contribution in [3.63, 3.8) is 0 Å². The van der Waals surface area contributed by atoms with Gasteiger partial charge in [0.15, 0.2) is 5.17 Å². The number of aromatic nitrogens is 2. The van der Waals surface area contributed by atoms with E-state index in [0.717, 1.165) is 63.8 Å². The van der Waals surface area contributed by atoms with Crippen molar-refractivity contribution >= 4 is 61.7 Å². The molecule has 0 saturated carbocycles. The molecule has 4 aromatic rings. The number of para-hydroxylation sites is 2. The summed E-state index contributed by atoms with van der Waals surface area (Å²) in [7, 11) is 1.95. The third-order valence-electron chi connectivity index (χ3n) is 7.14. The van der Waals surface area contributed by atoms with E-state index in [9.17, 15) is 9.59 Å². The minimum Gasteiger partial charge on any atom is -0.379 e. The average molecular weight is 484 g/mol. The first kappa shape index (κ1) is 21.7. The lowest BCUT2D eigenvalue weighted by Crippen LogP contribution is -2.24. The lowest BCUT2D eigenvalue weighted by molar-refractivity contribution is -0.122. The molecule has 35 heavy (non-hydrogen) atoms. The molecule has 2 aliphatic rings. The van der Waals surface area contributed by atoms with Crippen molar-refractivity contribution in [1.82, 2.24) is 14.5 Å². The Hall–Kier alpha value is -3.78. The van der Waals surface area contributed by atoms with Crippen LogP contribution in [0.2, 0.25) is 0 Å². The lowest BCUT2D eigenvalue weighted by Gasteiger charge is -2.25. The molecule has 2 aromatic heterocycles. The van der Waals surface area contributed by atoms with Gasteiger partial charge in [0.25, 0.3) is 11.8 Å². The van der Waals surface area contributed by atoms with Crippen molar-refractivity contribution in [2.24, 2.45) is 18.7 Å². The van der Waals surface area contributed by atoms with Crippen LogP contribution < -0.4 is 11.1 Å². The van der Waals surface area contributed by atoms with E-state index >= 15 is 0 Å². The second-order valence-electron chi connectivity index (χ2n) is 9.23. The summed E-state index contributed by atoms with van der Waals surface area (Å²) in [4.78, 5) is 26.6. The van der Waals surface area contributed by atoms with Crippen LogP contribution in [0.4, 0.5) is 0 Å². The maximum atomic E-state index is 13.4. The van der Waals surface area contributed by atoms with Crippen LogP contribution in [-0.2, 0) is 29.6 Å². The number of amides is 2. The number of nitrogens with zero attached hydrogens (tertiary/aromatic N) is 2. The van der Waals surface area contributed by atoms with Crippen LogP contribution in [0.15, 0.2) is 54.7 Å². The second kappa shape index (κ2) is 8.16. The fourth-order valence-electron chi connectivity index (χ4n) is 5.63. The minimum atomic E-state index is -0.357. The van der Waals surface area contributed by atoms with E-state index in [1.165, 1.54) is 11.8 Å². The van der Waals surface area contributed by atoms with Crippen molar-refractivity contribution in [2.75, 3.05) is 5.75 Å². The van der Waals surface area contributed by atoms with Crippen molar-refractivity contribution in [3.05, 3.63) is 71.5 Å². The quantitative estimate of drug-likeness (QED) is 0.233. The molecule has 0 saturated heterocycles. The average Bonchev–Trinajstić information content (AvgIpc) is 3.45. The predicted octanol–water partition coefficient (Wildman–Crippen LogP) is 3.89. The van der Waals surface area contributed by atoms with E-state index in [1.54, 1.807) is 0 Å². The van der Waals surface area contributed by atoms with Crippen LogP contribution in [0.1, 0.15) is 23.2 Å². The zero-order chi connectivity index (χ0) is 24.3. The van der Waals surface area contributed by atoms with Crippen LogP contribution in [-0.4, -0.2) is 31.9 Å². The highest BCUT2D eigenvalue weighted by Crippen LogP contribution is 2.43. The molecule has 176 valence electrons. The normalized spacial score (nSPS) is 17.9. The number of nitrogens with one attached hydrogen (secondary N) is 2. The van der Waals surface area contributed by atoms with E-state index in [-0.39, 0.29) is 17.0 Å². The van der Waals surface area contributed by atoms with Crippen molar-refractivity contribution in [1.29, 1.82) is 5.41 Å². The summed E-state index contributed by atoms with van der Waals surface area (Å²) in [5.74, 6) is 0.389. The number of thioether (sulfide) groups is 1. The number of amidine groups is 1. The Morgan fingerprint density at radius 2 is 1.74 bits per heavy atom. The number of rotatable bonds is 4. The first-order valence-electron chi connectivity index (χ1n) is 11.7. The van der Waals surface area contributed by atoms with Gasteiger partial charge in [0.2, 0.25) is 0 Å². The van der Waals surface area contributed by atoms with Gasteiger partial charge in [0.05, 0.1) is 11.1 Å². The van der Waals surface area contributed by atoms with Crippen molar-refractivity contribution in [3.8, 4) is 0 Å². The molecule has 0 spiro atoms. The lowest BCUT2D eigenvalue weighted by atomic mass is 9.90. The Balaban J connectivity index is 1.61. The summed E-state index contributed by atoms with van der Waals surface area (Å²) in [5, 5.41) is 12.2. The van der Waals surface area contributed by atoms with Gasteiger partial charge in [-0.1, -0.05) is 48.2 Å². The first-order valence-corrected chi connectivity index (χ1v) is 12.6. The van der Waals surface area contributed by atoms with E-state index in [1.807, 2.05) is 60.3 Å². The van der Waals surface area contributed by atoms with Crippen LogP contribution >= 0.6 is 11.8 Å². The number of nitrogens with two attached hydrogens (primary N) is 1. The number of fused-ring (bicyclic) bond motifs is 4. The van der Waals surface area contributed by atoms with Crippen LogP contribution in [0.5, 0.6) is 0 Å². The summed E-state index contributed by atoms with van der Waals surface area (Å²) < 4.78 is 4.29. The minimum absolute atomic E-state index is 0.123. The molecule has 2 aliphatic heterocycles. The summed E-state index contributed by atoms with van der Waals surface area (Å²) in [6.45, 7) is 0.825. The van der Waals surface area contributed by atoms with Gasteiger partial charge < -0.3 is 14.9 Å². The SMILES string of the molecule is Cn1cc(C2=C(c3c4n(c5ccccc35)CCC(CSC(=N)N)C4)C(=O)NC2=O)c2ccccc21. The molecule has 1 atom stereocenters. The molecule has 6 rings (SSSR count). The standard InChI is InChI=1S/C27H25N5O2S/c1-31-13-18(16-6-2-4-8-19(16)31)23-24(26(34)30-25(23)33)22-17-7-3-5-9-20(17)32-11-10-15(12-21(22)32)14-35-27(28)29/h2-9,13,15H,10-12,14H2,1H3,(H3,28,29)(H,30,33,34). The second-order valence-corrected chi connectivity index (χ2v) is 10.3. The van der Waals surface area contributed by atoms with Gasteiger partial charge in [-0.25, -0.2) is 0 Å². The molecule has 4 N–H and O–H groups in total. The van der Waals surface area contributed by atoms with Gasteiger partial charge in [-0.05, 0) is 30.9 Å². The van der Waals surface area contributed by atoms with Crippen molar-refractivity contribution in [2.45, 2.75) is 19.4 Å². The molecule has 1 unspecified atom stereocenters. The molecule has 4 heterocycles. The zero-order valence-corrected chi connectivity index (χ0v) is 20.1. The molecule has 0 aliphatic carbocycles. The van der Waals surface area contributed by atoms with E-state index < -0.39 is 0 Å². The smallest absolute Gasteiger partial charge is 0.259 e. The van der Waals surface area contributed by atoms with Crippen LogP contribution in [0.25, 0.3) is 33.0 Å². The summed E-state index contributed by atoms with van der Waals surface area (Å²) in [6, 6.07) is 16.0. The Morgan fingerprint density at radius 1 is 1.06 bits per heavy atom.